The Hall–Kier alpha value is -9.20. The number of aryl methyl sites for hydroxylation is 4. The highest BCUT2D eigenvalue weighted by molar-refractivity contribution is 5.93. The van der Waals surface area contributed by atoms with Crippen molar-refractivity contribution in [2.75, 3.05) is 81.3 Å². The van der Waals surface area contributed by atoms with Crippen LogP contribution in [0.1, 0.15) is 197 Å². The number of fused-ring (bicyclic) bond motifs is 8. The largest absolute Gasteiger partial charge is 0.489 e. The van der Waals surface area contributed by atoms with Crippen molar-refractivity contribution in [1.82, 2.24) is 0 Å². The molecule has 4 aromatic carbocycles. The quantitative estimate of drug-likeness (QED) is 0.0152. The van der Waals surface area contributed by atoms with E-state index in [1.165, 1.54) is 28.4 Å². The molecule has 0 radical (unpaired) electrons. The molecule has 0 aromatic heterocycles. The molecule has 0 saturated heterocycles. The molecule has 0 N–H and O–H groups in total. The molecule has 0 heterocycles. The lowest BCUT2D eigenvalue weighted by atomic mass is 9.87. The van der Waals surface area contributed by atoms with Crippen LogP contribution in [-0.4, -0.2) is 129 Å². The Balaban J connectivity index is 1.93. The van der Waals surface area contributed by atoms with Crippen LogP contribution in [0, 0.1) is 0 Å². The minimum atomic E-state index is -0.765. The molecule has 0 fully saturated rings. The third-order valence-corrected chi connectivity index (χ3v) is 16.5. The van der Waals surface area contributed by atoms with Crippen LogP contribution in [0.3, 0.4) is 0 Å². The highest BCUT2D eigenvalue weighted by Crippen LogP contribution is 2.42. The van der Waals surface area contributed by atoms with Crippen LogP contribution in [0.2, 0.25) is 0 Å². The predicted molar refractivity (Wildman–Crippen MR) is 379 cm³/mol. The number of esters is 8. The Morgan fingerprint density at radius 2 is 0.440 bits per heavy atom. The summed E-state index contributed by atoms with van der Waals surface area (Å²) in [6, 6.07) is 17.4. The lowest BCUT2D eigenvalue weighted by molar-refractivity contribution is -0.140. The number of carbonyl (C=O) groups excluding carboxylic acids is 8. The second-order valence-corrected chi connectivity index (χ2v) is 24.4. The van der Waals surface area contributed by atoms with Crippen molar-refractivity contribution < 1.29 is 95.2 Å². The first-order chi connectivity index (χ1) is 48.5. The van der Waals surface area contributed by atoms with Crippen LogP contribution in [0.5, 0.6) is 23.0 Å². The van der Waals surface area contributed by atoms with Crippen LogP contribution >= 0.6 is 0 Å². The molecule has 0 saturated carbocycles. The summed E-state index contributed by atoms with van der Waals surface area (Å²) in [5.74, 6) is -3.75. The van der Waals surface area contributed by atoms with Gasteiger partial charge in [0.1, 0.15) is 75.9 Å². The number of hydrogen-bond acceptors (Lipinski definition) is 20. The standard InChI is InChI=1S/C80H104O20/c1-9-13-17-21-25-57-45-61-53-63-47-58(26-22-18-14-10-2)49-65(78(63)98-42-38-94-74(86)34-30-70(82)90-6)55-67-51-60(28-24-20-16-12-4)52-68(80(67)100-44-40-96-76(88)36-32-72(84)92-8)56-66-50-59(27-23-19-15-11-3)48-64(79(66)99-43-39-95-75(87)35-31-71(83)91-7)54-62(46-57)77(61)97-41-37-93-73(85)33-29-69(81)89-5/h29-36,45-52H,9-28,37-44,53-56H2,1-8H3/b33-29-,34-30-,35-31-,36-32-. The van der Waals surface area contributed by atoms with E-state index in [4.69, 9.17) is 56.8 Å². The Labute approximate surface area is 590 Å². The number of benzene rings is 4. The van der Waals surface area contributed by atoms with Gasteiger partial charge in [0.15, 0.2) is 0 Å². The maximum atomic E-state index is 13.0. The fraction of sp³-hybridized carbons (Fsp3) is 0.500. The number of hydrogen-bond donors (Lipinski definition) is 0. The molecule has 0 aliphatic heterocycles. The summed E-state index contributed by atoms with van der Waals surface area (Å²) in [5, 5.41) is 0. The van der Waals surface area contributed by atoms with Crippen molar-refractivity contribution in [3.63, 3.8) is 0 Å². The van der Waals surface area contributed by atoms with E-state index in [0.29, 0.717) is 23.0 Å². The van der Waals surface area contributed by atoms with Gasteiger partial charge in [0, 0.05) is 74.3 Å². The summed E-state index contributed by atoms with van der Waals surface area (Å²) >= 11 is 0. The summed E-state index contributed by atoms with van der Waals surface area (Å²) in [6.07, 6.45) is 28.1. The predicted octanol–water partition coefficient (Wildman–Crippen LogP) is 13.5. The zero-order valence-corrected chi connectivity index (χ0v) is 60.0. The smallest absolute Gasteiger partial charge is 0.331 e. The summed E-state index contributed by atoms with van der Waals surface area (Å²) in [4.78, 5) is 99.8. The summed E-state index contributed by atoms with van der Waals surface area (Å²) in [5.41, 5.74) is 10.8. The Morgan fingerprint density at radius 1 is 0.260 bits per heavy atom. The van der Waals surface area contributed by atoms with Crippen molar-refractivity contribution >= 4 is 47.8 Å². The lowest BCUT2D eigenvalue weighted by Crippen LogP contribution is -2.16. The average Bonchev–Trinajstić information content (AvgIpc) is 0.777. The lowest BCUT2D eigenvalue weighted by Gasteiger charge is -2.25. The van der Waals surface area contributed by atoms with Crippen LogP contribution < -0.4 is 18.9 Å². The van der Waals surface area contributed by atoms with E-state index in [2.05, 4.69) is 76.2 Å². The van der Waals surface area contributed by atoms with Crippen molar-refractivity contribution in [3.8, 4) is 23.0 Å². The van der Waals surface area contributed by atoms with Crippen molar-refractivity contribution in [1.29, 1.82) is 0 Å². The fourth-order valence-corrected chi connectivity index (χ4v) is 11.7. The van der Waals surface area contributed by atoms with Gasteiger partial charge in [0.05, 0.1) is 28.4 Å². The number of methoxy groups -OCH3 is 4. The molecule has 544 valence electrons. The summed E-state index contributed by atoms with van der Waals surface area (Å²) in [7, 11) is 4.84. The third kappa shape index (κ3) is 30.1. The number of ether oxygens (including phenoxy) is 12. The fourth-order valence-electron chi connectivity index (χ4n) is 11.7. The van der Waals surface area contributed by atoms with Crippen LogP contribution in [0.15, 0.2) is 97.1 Å². The molecule has 1 aliphatic carbocycles. The molecule has 100 heavy (non-hydrogen) atoms. The van der Waals surface area contributed by atoms with Crippen LogP contribution in [-0.2, 0) is 128 Å². The topological polar surface area (TPSA) is 247 Å². The van der Waals surface area contributed by atoms with E-state index in [-0.39, 0.29) is 78.5 Å². The van der Waals surface area contributed by atoms with Gasteiger partial charge < -0.3 is 56.8 Å². The van der Waals surface area contributed by atoms with Gasteiger partial charge in [0.2, 0.25) is 0 Å². The average molecular weight is 1390 g/mol. The minimum Gasteiger partial charge on any atom is -0.489 e. The van der Waals surface area contributed by atoms with E-state index >= 15 is 0 Å². The normalized spacial score (nSPS) is 11.9. The van der Waals surface area contributed by atoms with Gasteiger partial charge in [-0.15, -0.1) is 0 Å². The van der Waals surface area contributed by atoms with Crippen molar-refractivity contribution in [2.24, 2.45) is 0 Å². The van der Waals surface area contributed by atoms with Crippen LogP contribution in [0.25, 0.3) is 0 Å². The highest BCUT2D eigenvalue weighted by atomic mass is 16.6. The first-order valence-corrected chi connectivity index (χ1v) is 35.4. The second kappa shape index (κ2) is 47.0. The van der Waals surface area contributed by atoms with Crippen molar-refractivity contribution in [3.05, 3.63) is 164 Å². The van der Waals surface area contributed by atoms with E-state index < -0.39 is 47.8 Å². The van der Waals surface area contributed by atoms with Gasteiger partial charge in [-0.2, -0.15) is 0 Å². The SMILES string of the molecule is CCCCCCc1cc2c(OCCOC(=O)/C=C\C(=O)OC)c(c1)Cc1cc(CCCCCC)cc(c1OCCOC(=O)/C=C\C(=O)OC)Cc1cc(CCCCCC)cc(c1OCCOC(=O)/C=C\C(=O)OC)Cc1cc(CCCCCC)cc(c1OCCOC(=O)/C=C\C(=O)OC)C2. The molecule has 8 bridgehead atoms. The zero-order chi connectivity index (χ0) is 72.3. The van der Waals surface area contributed by atoms with Gasteiger partial charge in [-0.25, -0.2) is 38.4 Å². The molecule has 0 unspecified atom stereocenters. The van der Waals surface area contributed by atoms with Gasteiger partial charge in [-0.1, -0.05) is 153 Å². The van der Waals surface area contributed by atoms with Crippen LogP contribution in [0.4, 0.5) is 0 Å². The molecule has 1 aliphatic rings. The monoisotopic (exact) mass is 1380 g/mol. The summed E-state index contributed by atoms with van der Waals surface area (Å²) < 4.78 is 69.1. The van der Waals surface area contributed by atoms with E-state index in [1.54, 1.807) is 0 Å². The number of unbranched alkanes of at least 4 members (excludes halogenated alkanes) is 12. The maximum Gasteiger partial charge on any atom is 0.331 e. The maximum absolute atomic E-state index is 13.0. The third-order valence-electron chi connectivity index (χ3n) is 16.5. The molecular formula is C80H104O20. The first-order valence-electron chi connectivity index (χ1n) is 35.4. The zero-order valence-electron chi connectivity index (χ0n) is 60.0. The van der Waals surface area contributed by atoms with Gasteiger partial charge in [-0.05, 0) is 118 Å². The molecule has 5 rings (SSSR count). The second-order valence-electron chi connectivity index (χ2n) is 24.4. The Bertz CT molecular complexity index is 2890. The molecule has 20 heteroatoms. The first kappa shape index (κ1) is 81.5. The van der Waals surface area contributed by atoms with E-state index in [0.717, 1.165) is 244 Å². The van der Waals surface area contributed by atoms with E-state index in [1.807, 2.05) is 0 Å². The Kier molecular flexibility index (Phi) is 38.3. The number of rotatable bonds is 44. The Morgan fingerprint density at radius 3 is 0.610 bits per heavy atom. The van der Waals surface area contributed by atoms with Gasteiger partial charge in [-0.3, -0.25) is 0 Å². The molecular weight excluding hydrogens is 1280 g/mol. The molecule has 0 spiro atoms. The molecule has 0 atom stereocenters. The molecule has 20 nitrogen and oxygen atoms in total. The van der Waals surface area contributed by atoms with Gasteiger partial charge >= 0.3 is 47.8 Å². The van der Waals surface area contributed by atoms with Gasteiger partial charge in [0.25, 0.3) is 0 Å². The molecule has 4 aromatic rings. The highest BCUT2D eigenvalue weighted by Gasteiger charge is 2.26. The van der Waals surface area contributed by atoms with Crippen molar-refractivity contribution in [2.45, 2.75) is 182 Å². The summed E-state index contributed by atoms with van der Waals surface area (Å²) in [6.45, 7) is 7.65. The minimum absolute atomic E-state index is 0.0843. The number of carbonyl (C=O) groups is 8. The van der Waals surface area contributed by atoms with E-state index in [9.17, 15) is 38.4 Å². The molecule has 0 amide bonds.